The third-order valence-corrected chi connectivity index (χ3v) is 5.65. The number of sulfonamides is 1. The number of hydrogen-bond acceptors (Lipinski definition) is 3. The monoisotopic (exact) mass is 362 g/mol. The van der Waals surface area contributed by atoms with Gasteiger partial charge in [0.2, 0.25) is 10.0 Å². The van der Waals surface area contributed by atoms with Crippen LogP contribution in [0.25, 0.3) is 0 Å². The summed E-state index contributed by atoms with van der Waals surface area (Å²) < 4.78 is 27.6. The summed E-state index contributed by atoms with van der Waals surface area (Å²) in [6, 6.07) is 5.24. The number of rotatable bonds is 8. The zero-order chi connectivity index (χ0) is 15.2. The van der Waals surface area contributed by atoms with Crippen LogP contribution in [0.2, 0.25) is 0 Å². The van der Waals surface area contributed by atoms with Crippen molar-refractivity contribution >= 4 is 26.0 Å². The van der Waals surface area contributed by atoms with E-state index in [2.05, 4.69) is 39.4 Å². The van der Waals surface area contributed by atoms with Gasteiger partial charge in [-0.1, -0.05) is 19.9 Å². The van der Waals surface area contributed by atoms with Crippen molar-refractivity contribution in [2.75, 3.05) is 26.2 Å². The summed E-state index contributed by atoms with van der Waals surface area (Å²) in [6.45, 7) is 9.50. The maximum Gasteiger partial charge on any atom is 0.241 e. The standard InChI is InChI=1S/C14H23BrN2O2S/c1-4-17(5-2)10-6-9-16-20(18,19)14-8-7-12(3)11-13(14)15/h7-8,11,16H,4-6,9-10H2,1-3H3. The minimum Gasteiger partial charge on any atom is -0.304 e. The molecule has 0 heterocycles. The summed E-state index contributed by atoms with van der Waals surface area (Å²) in [4.78, 5) is 2.57. The number of benzene rings is 1. The maximum atomic E-state index is 12.2. The summed E-state index contributed by atoms with van der Waals surface area (Å²) in [6.07, 6.45) is 0.810. The molecule has 0 aliphatic rings. The van der Waals surface area contributed by atoms with Crippen LogP contribution < -0.4 is 4.72 Å². The van der Waals surface area contributed by atoms with Crippen molar-refractivity contribution < 1.29 is 8.42 Å². The van der Waals surface area contributed by atoms with Crippen LogP contribution in [0.3, 0.4) is 0 Å². The van der Waals surface area contributed by atoms with Gasteiger partial charge in [0.15, 0.2) is 0 Å². The summed E-state index contributed by atoms with van der Waals surface area (Å²) in [5, 5.41) is 0. The van der Waals surface area contributed by atoms with Crippen LogP contribution in [0.1, 0.15) is 25.8 Å². The minimum absolute atomic E-state index is 0.297. The summed E-state index contributed by atoms with van der Waals surface area (Å²) >= 11 is 3.31. The fourth-order valence-corrected chi connectivity index (χ4v) is 4.21. The number of nitrogens with zero attached hydrogens (tertiary/aromatic N) is 1. The Balaban J connectivity index is 2.58. The van der Waals surface area contributed by atoms with E-state index in [0.717, 1.165) is 31.6 Å². The Morgan fingerprint density at radius 1 is 1.25 bits per heavy atom. The predicted octanol–water partition coefficient (Wildman–Crippen LogP) is 2.77. The zero-order valence-corrected chi connectivity index (χ0v) is 14.7. The Hall–Kier alpha value is -0.430. The van der Waals surface area contributed by atoms with E-state index in [9.17, 15) is 8.42 Å². The first-order chi connectivity index (χ1) is 9.40. The van der Waals surface area contributed by atoms with Crippen LogP contribution in [-0.2, 0) is 10.0 Å². The van der Waals surface area contributed by atoms with Crippen molar-refractivity contribution in [2.24, 2.45) is 0 Å². The first kappa shape index (κ1) is 17.6. The Labute approximate surface area is 130 Å². The lowest BCUT2D eigenvalue weighted by atomic mass is 10.2. The molecule has 6 heteroatoms. The second-order valence-corrected chi connectivity index (χ2v) is 7.30. The lowest BCUT2D eigenvalue weighted by Crippen LogP contribution is -2.30. The molecule has 0 aliphatic heterocycles. The van der Waals surface area contributed by atoms with Crippen LogP contribution in [0.4, 0.5) is 0 Å². The number of aryl methyl sites for hydroxylation is 1. The fraction of sp³-hybridized carbons (Fsp3) is 0.571. The normalized spacial score (nSPS) is 12.1. The fourth-order valence-electron chi connectivity index (χ4n) is 1.95. The van der Waals surface area contributed by atoms with Crippen LogP contribution in [0, 0.1) is 6.92 Å². The number of halogens is 1. The molecule has 0 fully saturated rings. The van der Waals surface area contributed by atoms with Gasteiger partial charge in [0.1, 0.15) is 0 Å². The van der Waals surface area contributed by atoms with E-state index < -0.39 is 10.0 Å². The van der Waals surface area contributed by atoms with Crippen molar-refractivity contribution in [2.45, 2.75) is 32.1 Å². The van der Waals surface area contributed by atoms with E-state index >= 15 is 0 Å². The molecule has 0 atom stereocenters. The Kier molecular flexibility index (Phi) is 7.15. The molecule has 0 spiro atoms. The van der Waals surface area contributed by atoms with Crippen LogP contribution in [0.5, 0.6) is 0 Å². The van der Waals surface area contributed by atoms with E-state index in [1.807, 2.05) is 13.0 Å². The summed E-state index contributed by atoms with van der Waals surface area (Å²) in [5.74, 6) is 0. The largest absolute Gasteiger partial charge is 0.304 e. The highest BCUT2D eigenvalue weighted by molar-refractivity contribution is 9.10. The van der Waals surface area contributed by atoms with Gasteiger partial charge in [-0.25, -0.2) is 13.1 Å². The number of hydrogen-bond donors (Lipinski definition) is 1. The lowest BCUT2D eigenvalue weighted by molar-refractivity contribution is 0.300. The lowest BCUT2D eigenvalue weighted by Gasteiger charge is -2.17. The molecular weight excluding hydrogens is 340 g/mol. The number of nitrogens with one attached hydrogen (secondary N) is 1. The van der Waals surface area contributed by atoms with Gasteiger partial charge in [0, 0.05) is 11.0 Å². The Morgan fingerprint density at radius 3 is 2.45 bits per heavy atom. The molecule has 1 aromatic carbocycles. The topological polar surface area (TPSA) is 49.4 Å². The van der Waals surface area contributed by atoms with E-state index in [-0.39, 0.29) is 0 Å². The Bertz CT molecular complexity index is 528. The van der Waals surface area contributed by atoms with Crippen molar-refractivity contribution in [1.29, 1.82) is 0 Å². The third-order valence-electron chi connectivity index (χ3n) is 3.21. The van der Waals surface area contributed by atoms with Gasteiger partial charge in [-0.2, -0.15) is 0 Å². The van der Waals surface area contributed by atoms with Crippen molar-refractivity contribution in [1.82, 2.24) is 9.62 Å². The smallest absolute Gasteiger partial charge is 0.241 e. The van der Waals surface area contributed by atoms with E-state index in [1.165, 1.54) is 0 Å². The van der Waals surface area contributed by atoms with Gasteiger partial charge in [-0.05, 0) is 66.6 Å². The molecule has 0 amide bonds. The quantitative estimate of drug-likeness (QED) is 0.723. The molecule has 1 rings (SSSR count). The Morgan fingerprint density at radius 2 is 1.90 bits per heavy atom. The first-order valence-corrected chi connectivity index (χ1v) is 9.16. The van der Waals surface area contributed by atoms with Crippen LogP contribution >= 0.6 is 15.9 Å². The molecule has 114 valence electrons. The molecule has 1 aromatic rings. The van der Waals surface area contributed by atoms with Crippen molar-refractivity contribution in [3.63, 3.8) is 0 Å². The SMILES string of the molecule is CCN(CC)CCCNS(=O)(=O)c1ccc(C)cc1Br. The van der Waals surface area contributed by atoms with E-state index in [4.69, 9.17) is 0 Å². The van der Waals surface area contributed by atoms with Crippen molar-refractivity contribution in [3.8, 4) is 0 Å². The van der Waals surface area contributed by atoms with E-state index in [0.29, 0.717) is 15.9 Å². The molecule has 0 radical (unpaired) electrons. The molecule has 0 saturated heterocycles. The first-order valence-electron chi connectivity index (χ1n) is 6.89. The average Bonchev–Trinajstić information content (AvgIpc) is 2.38. The van der Waals surface area contributed by atoms with E-state index in [1.54, 1.807) is 12.1 Å². The molecule has 0 unspecified atom stereocenters. The van der Waals surface area contributed by atoms with Crippen LogP contribution in [0.15, 0.2) is 27.6 Å². The van der Waals surface area contributed by atoms with Crippen molar-refractivity contribution in [3.05, 3.63) is 28.2 Å². The zero-order valence-electron chi connectivity index (χ0n) is 12.3. The third kappa shape index (κ3) is 5.16. The molecule has 1 N–H and O–H groups in total. The predicted molar refractivity (Wildman–Crippen MR) is 86.5 cm³/mol. The molecule has 0 aromatic heterocycles. The molecule has 0 aliphatic carbocycles. The molecule has 0 bridgehead atoms. The van der Waals surface area contributed by atoms with Gasteiger partial charge in [-0.15, -0.1) is 0 Å². The molecular formula is C14H23BrN2O2S. The highest BCUT2D eigenvalue weighted by Gasteiger charge is 2.16. The minimum atomic E-state index is -3.43. The summed E-state index contributed by atoms with van der Waals surface area (Å²) in [7, 11) is -3.43. The molecule has 0 saturated carbocycles. The molecule has 4 nitrogen and oxygen atoms in total. The summed E-state index contributed by atoms with van der Waals surface area (Å²) in [5.41, 5.74) is 1.03. The maximum absolute atomic E-state index is 12.2. The highest BCUT2D eigenvalue weighted by atomic mass is 79.9. The van der Waals surface area contributed by atoms with Crippen LogP contribution in [-0.4, -0.2) is 39.5 Å². The van der Waals surface area contributed by atoms with Gasteiger partial charge in [0.05, 0.1) is 4.90 Å². The second kappa shape index (κ2) is 8.12. The second-order valence-electron chi connectivity index (χ2n) is 4.71. The average molecular weight is 363 g/mol. The van der Waals surface area contributed by atoms with Gasteiger partial charge < -0.3 is 4.90 Å². The van der Waals surface area contributed by atoms with Gasteiger partial charge >= 0.3 is 0 Å². The highest BCUT2D eigenvalue weighted by Crippen LogP contribution is 2.22. The van der Waals surface area contributed by atoms with Gasteiger partial charge in [-0.3, -0.25) is 0 Å². The van der Waals surface area contributed by atoms with Gasteiger partial charge in [0.25, 0.3) is 0 Å². The molecule has 20 heavy (non-hydrogen) atoms.